The summed E-state index contributed by atoms with van der Waals surface area (Å²) in [4.78, 5) is 18.0. The molecule has 98 valence electrons. The molecular weight excluding hydrogens is 294 g/mol. The quantitative estimate of drug-likeness (QED) is 0.933. The molecule has 2 N–H and O–H groups in total. The van der Waals surface area contributed by atoms with Crippen LogP contribution in [0.3, 0.4) is 0 Å². The molecule has 0 bridgehead atoms. The average molecular weight is 312 g/mol. The first-order chi connectivity index (χ1) is 8.58. The number of pyridine rings is 1. The molecule has 1 amide bonds. The smallest absolute Gasteiger partial charge is 0.257 e. The fourth-order valence-electron chi connectivity index (χ4n) is 2.49. The molecule has 0 spiro atoms. The van der Waals surface area contributed by atoms with E-state index in [1.54, 1.807) is 17.2 Å². The van der Waals surface area contributed by atoms with Crippen molar-refractivity contribution < 1.29 is 4.79 Å². The Morgan fingerprint density at radius 3 is 2.89 bits per heavy atom. The van der Waals surface area contributed by atoms with Gasteiger partial charge in [-0.1, -0.05) is 12.8 Å². The molecule has 1 aromatic heterocycles. The van der Waals surface area contributed by atoms with Crippen molar-refractivity contribution in [3.05, 3.63) is 22.3 Å². The van der Waals surface area contributed by atoms with E-state index < -0.39 is 0 Å². The van der Waals surface area contributed by atoms with Crippen molar-refractivity contribution in [2.75, 3.05) is 19.3 Å². The van der Waals surface area contributed by atoms with Gasteiger partial charge < -0.3 is 10.6 Å². The number of nitrogens with two attached hydrogens (primary N) is 1. The van der Waals surface area contributed by atoms with Gasteiger partial charge >= 0.3 is 0 Å². The Labute approximate surface area is 116 Å². The summed E-state index contributed by atoms with van der Waals surface area (Å²) in [5.74, 6) is 0.884. The minimum atomic E-state index is -0.0480. The van der Waals surface area contributed by atoms with Crippen LogP contribution in [-0.4, -0.2) is 29.4 Å². The number of halogens is 1. The molecular formula is C13H18BrN3O. The van der Waals surface area contributed by atoms with Crippen LogP contribution in [0.15, 0.2) is 16.7 Å². The van der Waals surface area contributed by atoms with Gasteiger partial charge in [0.2, 0.25) is 0 Å². The summed E-state index contributed by atoms with van der Waals surface area (Å²) in [6.45, 7) is 0.810. The molecule has 0 unspecified atom stereocenters. The predicted molar refractivity (Wildman–Crippen MR) is 75.3 cm³/mol. The summed E-state index contributed by atoms with van der Waals surface area (Å²) in [7, 11) is 1.83. The van der Waals surface area contributed by atoms with Gasteiger partial charge in [-0.25, -0.2) is 4.98 Å². The van der Waals surface area contributed by atoms with Gasteiger partial charge in [-0.2, -0.15) is 0 Å². The summed E-state index contributed by atoms with van der Waals surface area (Å²) < 4.78 is 0.773. The summed E-state index contributed by atoms with van der Waals surface area (Å²) in [6, 6.07) is 1.73. The number of aromatic nitrogens is 1. The highest BCUT2D eigenvalue weighted by Gasteiger charge is 2.21. The first kappa shape index (κ1) is 13.3. The van der Waals surface area contributed by atoms with Crippen LogP contribution in [0.2, 0.25) is 0 Å². The Bertz CT molecular complexity index is 444. The number of nitrogen functional groups attached to an aromatic ring is 1. The summed E-state index contributed by atoms with van der Waals surface area (Å²) in [5.41, 5.74) is 6.23. The van der Waals surface area contributed by atoms with E-state index in [0.717, 1.165) is 11.0 Å². The largest absolute Gasteiger partial charge is 0.383 e. The maximum Gasteiger partial charge on any atom is 0.257 e. The minimum Gasteiger partial charge on any atom is -0.383 e. The number of anilines is 1. The van der Waals surface area contributed by atoms with Gasteiger partial charge in [0.25, 0.3) is 5.91 Å². The molecule has 18 heavy (non-hydrogen) atoms. The van der Waals surface area contributed by atoms with Crippen molar-refractivity contribution in [3.8, 4) is 0 Å². The summed E-state index contributed by atoms with van der Waals surface area (Å²) in [6.07, 6.45) is 6.62. The molecule has 1 saturated carbocycles. The van der Waals surface area contributed by atoms with Gasteiger partial charge in [0.15, 0.2) is 0 Å². The van der Waals surface area contributed by atoms with Crippen molar-refractivity contribution in [1.29, 1.82) is 0 Å². The summed E-state index contributed by atoms with van der Waals surface area (Å²) >= 11 is 3.31. The zero-order chi connectivity index (χ0) is 13.1. The number of amides is 1. The molecule has 0 atom stereocenters. The number of carbonyl (C=O) groups is 1. The lowest BCUT2D eigenvalue weighted by atomic mass is 10.1. The van der Waals surface area contributed by atoms with E-state index in [4.69, 9.17) is 5.73 Å². The van der Waals surface area contributed by atoms with Crippen LogP contribution in [0.25, 0.3) is 0 Å². The zero-order valence-electron chi connectivity index (χ0n) is 10.5. The molecule has 1 fully saturated rings. The molecule has 2 rings (SSSR count). The van der Waals surface area contributed by atoms with Gasteiger partial charge in [-0.05, 0) is 40.8 Å². The van der Waals surface area contributed by atoms with Crippen molar-refractivity contribution in [1.82, 2.24) is 9.88 Å². The molecule has 1 aliphatic rings. The van der Waals surface area contributed by atoms with Crippen molar-refractivity contribution in [2.45, 2.75) is 25.7 Å². The van der Waals surface area contributed by atoms with Crippen LogP contribution in [0.4, 0.5) is 5.82 Å². The lowest BCUT2D eigenvalue weighted by Gasteiger charge is -2.21. The molecule has 1 aliphatic carbocycles. The third-order valence-corrected chi connectivity index (χ3v) is 3.90. The Kier molecular flexibility index (Phi) is 4.22. The van der Waals surface area contributed by atoms with Crippen LogP contribution in [0, 0.1) is 5.92 Å². The normalized spacial score (nSPS) is 15.9. The SMILES string of the molecule is CN(CC1CCCC1)C(=O)c1cc(Br)cnc1N. The van der Waals surface area contributed by atoms with Crippen molar-refractivity contribution >= 4 is 27.7 Å². The lowest BCUT2D eigenvalue weighted by Crippen LogP contribution is -2.31. The second-order valence-corrected chi connectivity index (χ2v) is 5.84. The van der Waals surface area contributed by atoms with E-state index in [1.807, 2.05) is 7.05 Å². The fraction of sp³-hybridized carbons (Fsp3) is 0.538. The van der Waals surface area contributed by atoms with E-state index in [9.17, 15) is 4.79 Å². The highest BCUT2D eigenvalue weighted by molar-refractivity contribution is 9.10. The van der Waals surface area contributed by atoms with Gasteiger partial charge in [0, 0.05) is 24.3 Å². The Morgan fingerprint density at radius 1 is 1.56 bits per heavy atom. The average Bonchev–Trinajstić information content (AvgIpc) is 2.84. The van der Waals surface area contributed by atoms with Crippen molar-refractivity contribution in [2.24, 2.45) is 5.92 Å². The van der Waals surface area contributed by atoms with Gasteiger partial charge in [-0.15, -0.1) is 0 Å². The van der Waals surface area contributed by atoms with Gasteiger partial charge in [0.1, 0.15) is 5.82 Å². The van der Waals surface area contributed by atoms with Gasteiger partial charge in [-0.3, -0.25) is 4.79 Å². The maximum atomic E-state index is 12.3. The van der Waals surface area contributed by atoms with E-state index in [2.05, 4.69) is 20.9 Å². The number of nitrogens with zero attached hydrogens (tertiary/aromatic N) is 2. The second-order valence-electron chi connectivity index (χ2n) is 4.92. The highest BCUT2D eigenvalue weighted by atomic mass is 79.9. The van der Waals surface area contributed by atoms with E-state index >= 15 is 0 Å². The molecule has 0 radical (unpaired) electrons. The van der Waals surface area contributed by atoms with Crippen LogP contribution in [-0.2, 0) is 0 Å². The molecule has 1 aromatic rings. The van der Waals surface area contributed by atoms with Crippen LogP contribution >= 0.6 is 15.9 Å². The number of carbonyl (C=O) groups excluding carboxylic acids is 1. The maximum absolute atomic E-state index is 12.3. The molecule has 4 nitrogen and oxygen atoms in total. The lowest BCUT2D eigenvalue weighted by molar-refractivity contribution is 0.0774. The fourth-order valence-corrected chi connectivity index (χ4v) is 2.82. The number of hydrogen-bond donors (Lipinski definition) is 1. The topological polar surface area (TPSA) is 59.2 Å². The minimum absolute atomic E-state index is 0.0480. The first-order valence-electron chi connectivity index (χ1n) is 6.24. The van der Waals surface area contributed by atoms with Gasteiger partial charge in [0.05, 0.1) is 5.56 Å². The van der Waals surface area contributed by atoms with Crippen LogP contribution in [0.1, 0.15) is 36.0 Å². The Balaban J connectivity index is 2.07. The van der Waals surface area contributed by atoms with E-state index in [1.165, 1.54) is 25.7 Å². The molecule has 0 aliphatic heterocycles. The molecule has 1 heterocycles. The third-order valence-electron chi connectivity index (χ3n) is 3.47. The van der Waals surface area contributed by atoms with Crippen LogP contribution < -0.4 is 5.73 Å². The zero-order valence-corrected chi connectivity index (χ0v) is 12.1. The second kappa shape index (κ2) is 5.69. The molecule has 0 aromatic carbocycles. The Morgan fingerprint density at radius 2 is 2.22 bits per heavy atom. The summed E-state index contributed by atoms with van der Waals surface area (Å²) in [5, 5.41) is 0. The van der Waals surface area contributed by atoms with Crippen molar-refractivity contribution in [3.63, 3.8) is 0 Å². The molecule has 0 saturated heterocycles. The van der Waals surface area contributed by atoms with E-state index in [0.29, 0.717) is 17.3 Å². The monoisotopic (exact) mass is 311 g/mol. The van der Waals surface area contributed by atoms with E-state index in [-0.39, 0.29) is 5.91 Å². The highest BCUT2D eigenvalue weighted by Crippen LogP contribution is 2.26. The number of rotatable bonds is 3. The predicted octanol–water partition coefficient (Wildman–Crippen LogP) is 2.69. The third kappa shape index (κ3) is 3.02. The Hall–Kier alpha value is -1.10. The standard InChI is InChI=1S/C13H18BrN3O/c1-17(8-9-4-2-3-5-9)13(18)11-6-10(14)7-16-12(11)15/h6-7,9H,2-5,8H2,1H3,(H2,15,16). The van der Waals surface area contributed by atoms with Crippen LogP contribution in [0.5, 0.6) is 0 Å². The molecule has 5 heteroatoms. The first-order valence-corrected chi connectivity index (χ1v) is 7.03. The number of hydrogen-bond acceptors (Lipinski definition) is 3.